The summed E-state index contributed by atoms with van der Waals surface area (Å²) < 4.78 is 7.70. The van der Waals surface area contributed by atoms with Crippen LogP contribution in [0.15, 0.2) is 0 Å². The van der Waals surface area contributed by atoms with Crippen LogP contribution in [0, 0.1) is 0 Å². The van der Waals surface area contributed by atoms with Gasteiger partial charge in [-0.15, -0.1) is 5.10 Å². The second kappa shape index (κ2) is 4.88. The maximum absolute atomic E-state index is 5.92. The van der Waals surface area contributed by atoms with Crippen molar-refractivity contribution in [3.63, 3.8) is 0 Å². The highest BCUT2D eigenvalue weighted by atomic mass is 16.5. The van der Waals surface area contributed by atoms with Crippen LogP contribution in [-0.4, -0.2) is 33.4 Å². The van der Waals surface area contributed by atoms with Crippen molar-refractivity contribution < 1.29 is 4.74 Å². The Morgan fingerprint density at radius 1 is 1.44 bits per heavy atom. The molecular formula is C10H19N5O. The van der Waals surface area contributed by atoms with Gasteiger partial charge in [0.25, 0.3) is 0 Å². The van der Waals surface area contributed by atoms with Gasteiger partial charge in [0.2, 0.25) is 0 Å². The maximum atomic E-state index is 5.92. The number of nitrogens with zero attached hydrogens (tertiary/aromatic N) is 4. The molecule has 0 spiro atoms. The van der Waals surface area contributed by atoms with Gasteiger partial charge >= 0.3 is 0 Å². The summed E-state index contributed by atoms with van der Waals surface area (Å²) in [5.41, 5.74) is 5.28. The highest BCUT2D eigenvalue weighted by Gasteiger charge is 2.41. The normalized spacial score (nSPS) is 19.1. The molecule has 1 aliphatic rings. The van der Waals surface area contributed by atoms with Crippen molar-refractivity contribution in [1.29, 1.82) is 0 Å². The van der Waals surface area contributed by atoms with Crippen molar-refractivity contribution in [2.24, 2.45) is 5.73 Å². The smallest absolute Gasteiger partial charge is 0.183 e. The van der Waals surface area contributed by atoms with Gasteiger partial charge in [-0.1, -0.05) is 0 Å². The molecule has 1 aromatic heterocycles. The van der Waals surface area contributed by atoms with Gasteiger partial charge in [0.1, 0.15) is 5.60 Å². The quantitative estimate of drug-likeness (QED) is 0.786. The molecule has 0 saturated heterocycles. The zero-order chi connectivity index (χ0) is 11.4. The number of rotatable bonds is 5. The fourth-order valence-corrected chi connectivity index (χ4v) is 2.46. The van der Waals surface area contributed by atoms with Crippen LogP contribution in [0.2, 0.25) is 0 Å². The summed E-state index contributed by atoms with van der Waals surface area (Å²) in [5.74, 6) is 0.845. The fourth-order valence-electron chi connectivity index (χ4n) is 2.46. The Labute approximate surface area is 95.1 Å². The number of ether oxygens (including phenoxy) is 1. The molecule has 0 aromatic carbocycles. The lowest BCUT2D eigenvalue weighted by Gasteiger charge is -2.27. The zero-order valence-electron chi connectivity index (χ0n) is 9.72. The summed E-state index contributed by atoms with van der Waals surface area (Å²) in [4.78, 5) is 0. The average Bonchev–Trinajstić information content (AvgIpc) is 2.88. The first-order chi connectivity index (χ1) is 7.82. The average molecular weight is 225 g/mol. The Morgan fingerprint density at radius 2 is 2.19 bits per heavy atom. The second-order valence-corrected chi connectivity index (χ2v) is 4.15. The number of hydrogen-bond donors (Lipinski definition) is 1. The van der Waals surface area contributed by atoms with Gasteiger partial charge in [-0.05, 0) is 43.0 Å². The van der Waals surface area contributed by atoms with Crippen molar-refractivity contribution in [3.8, 4) is 0 Å². The Bertz CT molecular complexity index is 332. The number of tetrazole rings is 1. The van der Waals surface area contributed by atoms with Crippen LogP contribution in [0.4, 0.5) is 0 Å². The Balaban J connectivity index is 2.27. The largest absolute Gasteiger partial charge is 0.367 e. The molecule has 0 unspecified atom stereocenters. The number of nitrogens with two attached hydrogens (primary N) is 1. The van der Waals surface area contributed by atoms with E-state index in [1.165, 1.54) is 12.8 Å². The van der Waals surface area contributed by atoms with E-state index in [1.807, 2.05) is 6.92 Å². The van der Waals surface area contributed by atoms with Crippen LogP contribution in [0.3, 0.4) is 0 Å². The number of hydrogen-bond acceptors (Lipinski definition) is 5. The maximum Gasteiger partial charge on any atom is 0.183 e. The van der Waals surface area contributed by atoms with Crippen molar-refractivity contribution in [1.82, 2.24) is 20.2 Å². The third-order valence-corrected chi connectivity index (χ3v) is 3.11. The van der Waals surface area contributed by atoms with Gasteiger partial charge in [0.15, 0.2) is 5.82 Å². The summed E-state index contributed by atoms with van der Waals surface area (Å²) >= 11 is 0. The van der Waals surface area contributed by atoms with E-state index >= 15 is 0 Å². The predicted octanol–water partition coefficient (Wildman–Crippen LogP) is 0.438. The van der Waals surface area contributed by atoms with Crippen molar-refractivity contribution in [2.75, 3.05) is 13.2 Å². The van der Waals surface area contributed by atoms with Crippen LogP contribution in [0.1, 0.15) is 38.4 Å². The first-order valence-corrected chi connectivity index (χ1v) is 5.93. The van der Waals surface area contributed by atoms with Gasteiger partial charge in [0, 0.05) is 13.2 Å². The van der Waals surface area contributed by atoms with E-state index in [0.717, 1.165) is 18.7 Å². The molecular weight excluding hydrogens is 206 g/mol. The summed E-state index contributed by atoms with van der Waals surface area (Å²) in [6.45, 7) is 3.89. The van der Waals surface area contributed by atoms with Crippen LogP contribution in [-0.2, 0) is 16.9 Å². The minimum absolute atomic E-state index is 0.270. The third-order valence-electron chi connectivity index (χ3n) is 3.11. The Hall–Kier alpha value is -1.01. The SMILES string of the molecule is CCOC1(c2nnnn2CCN)CCCC1. The molecule has 1 heterocycles. The first-order valence-electron chi connectivity index (χ1n) is 5.93. The van der Waals surface area contributed by atoms with Crippen LogP contribution in [0.5, 0.6) is 0 Å². The monoisotopic (exact) mass is 225 g/mol. The first kappa shape index (κ1) is 11.5. The van der Waals surface area contributed by atoms with Gasteiger partial charge < -0.3 is 10.5 Å². The Kier molecular flexibility index (Phi) is 3.50. The number of aromatic nitrogens is 4. The van der Waals surface area contributed by atoms with Crippen molar-refractivity contribution in [3.05, 3.63) is 5.82 Å². The van der Waals surface area contributed by atoms with Crippen LogP contribution < -0.4 is 5.73 Å². The van der Waals surface area contributed by atoms with E-state index in [0.29, 0.717) is 19.7 Å². The van der Waals surface area contributed by atoms with Gasteiger partial charge in [-0.3, -0.25) is 0 Å². The fraction of sp³-hybridized carbons (Fsp3) is 0.900. The van der Waals surface area contributed by atoms with E-state index in [9.17, 15) is 0 Å². The lowest BCUT2D eigenvalue weighted by atomic mass is 10.0. The minimum atomic E-state index is -0.270. The molecule has 0 bridgehead atoms. The van der Waals surface area contributed by atoms with E-state index in [-0.39, 0.29) is 5.60 Å². The molecule has 1 aliphatic carbocycles. The second-order valence-electron chi connectivity index (χ2n) is 4.15. The summed E-state index contributed by atoms with van der Waals surface area (Å²) in [6, 6.07) is 0. The molecule has 90 valence electrons. The Morgan fingerprint density at radius 3 is 2.81 bits per heavy atom. The molecule has 0 amide bonds. The van der Waals surface area contributed by atoms with Gasteiger partial charge in [-0.2, -0.15) is 0 Å². The molecule has 6 heteroatoms. The van der Waals surface area contributed by atoms with E-state index in [4.69, 9.17) is 10.5 Å². The van der Waals surface area contributed by atoms with Crippen LogP contribution in [0.25, 0.3) is 0 Å². The third kappa shape index (κ3) is 1.94. The summed E-state index contributed by atoms with van der Waals surface area (Å²) in [7, 11) is 0. The molecule has 2 N–H and O–H groups in total. The molecule has 2 rings (SSSR count). The minimum Gasteiger partial charge on any atom is -0.367 e. The predicted molar refractivity (Wildman–Crippen MR) is 58.6 cm³/mol. The lowest BCUT2D eigenvalue weighted by molar-refractivity contribution is -0.0488. The molecule has 1 fully saturated rings. The lowest BCUT2D eigenvalue weighted by Crippen LogP contribution is -2.31. The van der Waals surface area contributed by atoms with Gasteiger partial charge in [-0.25, -0.2) is 4.68 Å². The summed E-state index contributed by atoms with van der Waals surface area (Å²) in [5, 5.41) is 11.8. The molecule has 1 saturated carbocycles. The molecule has 0 atom stereocenters. The van der Waals surface area contributed by atoms with E-state index in [1.54, 1.807) is 4.68 Å². The summed E-state index contributed by atoms with van der Waals surface area (Å²) in [6.07, 6.45) is 4.36. The highest BCUT2D eigenvalue weighted by Crippen LogP contribution is 2.40. The van der Waals surface area contributed by atoms with Crippen molar-refractivity contribution in [2.45, 2.75) is 44.8 Å². The zero-order valence-corrected chi connectivity index (χ0v) is 9.72. The molecule has 0 aliphatic heterocycles. The standard InChI is InChI=1S/C10H19N5O/c1-2-16-10(5-3-4-6-10)9-12-13-14-15(9)8-7-11/h2-8,11H2,1H3. The molecule has 1 aromatic rings. The van der Waals surface area contributed by atoms with Crippen molar-refractivity contribution >= 4 is 0 Å². The topological polar surface area (TPSA) is 78.9 Å². The highest BCUT2D eigenvalue weighted by molar-refractivity contribution is 5.03. The molecule has 16 heavy (non-hydrogen) atoms. The van der Waals surface area contributed by atoms with Crippen LogP contribution >= 0.6 is 0 Å². The van der Waals surface area contributed by atoms with E-state index < -0.39 is 0 Å². The molecule has 6 nitrogen and oxygen atoms in total. The van der Waals surface area contributed by atoms with Gasteiger partial charge in [0.05, 0.1) is 6.54 Å². The van der Waals surface area contributed by atoms with E-state index in [2.05, 4.69) is 15.5 Å². The molecule has 0 radical (unpaired) electrons.